The van der Waals surface area contributed by atoms with Crippen LogP contribution in [0.25, 0.3) is 0 Å². The van der Waals surface area contributed by atoms with E-state index in [-0.39, 0.29) is 0 Å². The summed E-state index contributed by atoms with van der Waals surface area (Å²) < 4.78 is 0. The smallest absolute Gasteiger partial charge is 0.0132 e. The van der Waals surface area contributed by atoms with Crippen molar-refractivity contribution in [2.45, 2.75) is 76.3 Å². The first kappa shape index (κ1) is 10.8. The van der Waals surface area contributed by atoms with E-state index in [2.05, 4.69) is 5.32 Å². The average Bonchev–Trinajstić information content (AvgIpc) is 2.78. The zero-order valence-corrected chi connectivity index (χ0v) is 11.0. The fraction of sp³-hybridized carbons (Fsp3) is 1.00. The molecule has 1 aliphatic heterocycles. The van der Waals surface area contributed by atoms with E-state index < -0.39 is 0 Å². The zero-order chi connectivity index (χ0) is 11.2. The summed E-state index contributed by atoms with van der Waals surface area (Å²) in [6.07, 6.45) is 15.3. The van der Waals surface area contributed by atoms with Gasteiger partial charge in [0.25, 0.3) is 0 Å². The van der Waals surface area contributed by atoms with E-state index in [1.54, 1.807) is 19.3 Å². The molecule has 3 saturated carbocycles. The minimum atomic E-state index is 0.916. The second-order valence-corrected chi connectivity index (χ2v) is 7.20. The molecule has 6 atom stereocenters. The first-order chi connectivity index (χ1) is 8.43. The van der Waals surface area contributed by atoms with Crippen molar-refractivity contribution in [2.75, 3.05) is 0 Å². The molecule has 1 N–H and O–H groups in total. The van der Waals surface area contributed by atoms with Gasteiger partial charge in [0.05, 0.1) is 0 Å². The van der Waals surface area contributed by atoms with Crippen molar-refractivity contribution >= 4 is 0 Å². The molecule has 0 radical (unpaired) electrons. The van der Waals surface area contributed by atoms with Crippen LogP contribution in [-0.4, -0.2) is 12.1 Å². The SMILES string of the molecule is C1CCC2C(C1)CCC1C3CCCCC3NC21. The molecule has 0 aromatic heterocycles. The summed E-state index contributed by atoms with van der Waals surface area (Å²) in [5.41, 5.74) is 0. The van der Waals surface area contributed by atoms with Crippen LogP contribution < -0.4 is 5.32 Å². The van der Waals surface area contributed by atoms with Gasteiger partial charge in [0.2, 0.25) is 0 Å². The molecule has 1 heterocycles. The largest absolute Gasteiger partial charge is 0.310 e. The topological polar surface area (TPSA) is 12.0 Å². The van der Waals surface area contributed by atoms with E-state index in [4.69, 9.17) is 0 Å². The predicted molar refractivity (Wildman–Crippen MR) is 70.8 cm³/mol. The summed E-state index contributed by atoms with van der Waals surface area (Å²) in [4.78, 5) is 0. The van der Waals surface area contributed by atoms with Gasteiger partial charge in [-0.2, -0.15) is 0 Å². The minimum Gasteiger partial charge on any atom is -0.310 e. The zero-order valence-electron chi connectivity index (χ0n) is 11.0. The maximum Gasteiger partial charge on any atom is 0.0132 e. The lowest BCUT2D eigenvalue weighted by Gasteiger charge is -2.44. The Kier molecular flexibility index (Phi) is 2.72. The third-order valence-electron chi connectivity index (χ3n) is 6.54. The molecule has 1 saturated heterocycles. The van der Waals surface area contributed by atoms with Crippen molar-refractivity contribution < 1.29 is 0 Å². The van der Waals surface area contributed by atoms with E-state index >= 15 is 0 Å². The second kappa shape index (κ2) is 4.26. The number of hydrogen-bond donors (Lipinski definition) is 1. The third kappa shape index (κ3) is 1.69. The summed E-state index contributed by atoms with van der Waals surface area (Å²) in [6.45, 7) is 0. The number of fused-ring (bicyclic) bond motifs is 5. The van der Waals surface area contributed by atoms with Gasteiger partial charge < -0.3 is 5.32 Å². The summed E-state index contributed by atoms with van der Waals surface area (Å²) in [5.74, 6) is 4.29. The molecule has 0 aromatic carbocycles. The summed E-state index contributed by atoms with van der Waals surface area (Å²) >= 11 is 0. The van der Waals surface area contributed by atoms with E-state index in [1.807, 2.05) is 0 Å². The Morgan fingerprint density at radius 2 is 1.35 bits per heavy atom. The van der Waals surface area contributed by atoms with Gasteiger partial charge in [0.15, 0.2) is 0 Å². The Morgan fingerprint density at radius 1 is 0.588 bits per heavy atom. The van der Waals surface area contributed by atoms with Gasteiger partial charge in [-0.3, -0.25) is 0 Å². The van der Waals surface area contributed by atoms with Crippen LogP contribution in [0.1, 0.15) is 64.2 Å². The Hall–Kier alpha value is -0.0400. The fourth-order valence-corrected chi connectivity index (χ4v) is 5.82. The molecule has 3 aliphatic carbocycles. The standard InChI is InChI=1S/C16H27N/c1-2-6-12-11(5-1)9-10-14-13-7-3-4-8-15(13)17-16(12)14/h11-17H,1-10H2. The van der Waals surface area contributed by atoms with Gasteiger partial charge >= 0.3 is 0 Å². The van der Waals surface area contributed by atoms with E-state index in [0.29, 0.717) is 0 Å². The molecule has 96 valence electrons. The molecular weight excluding hydrogens is 206 g/mol. The van der Waals surface area contributed by atoms with E-state index in [0.717, 1.165) is 35.8 Å². The van der Waals surface area contributed by atoms with Crippen molar-refractivity contribution in [2.24, 2.45) is 23.7 Å². The Labute approximate surface area is 106 Å². The number of hydrogen-bond acceptors (Lipinski definition) is 1. The Balaban J connectivity index is 1.56. The maximum atomic E-state index is 4.09. The Morgan fingerprint density at radius 3 is 2.29 bits per heavy atom. The molecule has 4 fully saturated rings. The molecule has 4 aliphatic rings. The number of nitrogens with one attached hydrogen (secondary N) is 1. The summed E-state index contributed by atoms with van der Waals surface area (Å²) in [5, 5.41) is 4.09. The van der Waals surface area contributed by atoms with Crippen LogP contribution in [0.2, 0.25) is 0 Å². The number of rotatable bonds is 0. The van der Waals surface area contributed by atoms with Crippen LogP contribution in [0.15, 0.2) is 0 Å². The van der Waals surface area contributed by atoms with Gasteiger partial charge in [-0.25, -0.2) is 0 Å². The summed E-state index contributed by atoms with van der Waals surface area (Å²) in [7, 11) is 0. The lowest BCUT2D eigenvalue weighted by molar-refractivity contribution is 0.0908. The molecule has 1 heteroatoms. The van der Waals surface area contributed by atoms with Crippen molar-refractivity contribution in [1.29, 1.82) is 0 Å². The van der Waals surface area contributed by atoms with Gasteiger partial charge in [-0.15, -0.1) is 0 Å². The molecule has 17 heavy (non-hydrogen) atoms. The van der Waals surface area contributed by atoms with Crippen molar-refractivity contribution in [3.63, 3.8) is 0 Å². The van der Waals surface area contributed by atoms with Crippen molar-refractivity contribution in [3.05, 3.63) is 0 Å². The molecular formula is C16H27N. The lowest BCUT2D eigenvalue weighted by Crippen LogP contribution is -2.45. The second-order valence-electron chi connectivity index (χ2n) is 7.20. The van der Waals surface area contributed by atoms with E-state index in [1.165, 1.54) is 44.9 Å². The van der Waals surface area contributed by atoms with Crippen LogP contribution in [-0.2, 0) is 0 Å². The quantitative estimate of drug-likeness (QED) is 0.672. The normalized spacial score (nSPS) is 53.6. The highest BCUT2D eigenvalue weighted by molar-refractivity contribution is 5.05. The van der Waals surface area contributed by atoms with Crippen LogP contribution >= 0.6 is 0 Å². The monoisotopic (exact) mass is 233 g/mol. The molecule has 0 amide bonds. The molecule has 6 unspecified atom stereocenters. The molecule has 1 nitrogen and oxygen atoms in total. The molecule has 4 rings (SSSR count). The van der Waals surface area contributed by atoms with Crippen LogP contribution in [0.3, 0.4) is 0 Å². The first-order valence-corrected chi connectivity index (χ1v) is 8.19. The van der Waals surface area contributed by atoms with Crippen LogP contribution in [0.5, 0.6) is 0 Å². The molecule has 0 spiro atoms. The summed E-state index contributed by atoms with van der Waals surface area (Å²) in [6, 6.07) is 1.85. The average molecular weight is 233 g/mol. The first-order valence-electron chi connectivity index (χ1n) is 8.19. The predicted octanol–water partition coefficient (Wildman–Crippen LogP) is 3.73. The van der Waals surface area contributed by atoms with E-state index in [9.17, 15) is 0 Å². The van der Waals surface area contributed by atoms with Gasteiger partial charge in [-0.05, 0) is 55.8 Å². The van der Waals surface area contributed by atoms with Crippen molar-refractivity contribution in [1.82, 2.24) is 5.32 Å². The third-order valence-corrected chi connectivity index (χ3v) is 6.54. The van der Waals surface area contributed by atoms with Gasteiger partial charge in [0.1, 0.15) is 0 Å². The van der Waals surface area contributed by atoms with Crippen LogP contribution in [0, 0.1) is 23.7 Å². The minimum absolute atomic E-state index is 0.916. The lowest BCUT2D eigenvalue weighted by atomic mass is 9.62. The highest BCUT2D eigenvalue weighted by Crippen LogP contribution is 2.51. The fourth-order valence-electron chi connectivity index (χ4n) is 5.82. The Bertz CT molecular complexity index is 287. The highest BCUT2D eigenvalue weighted by Gasteiger charge is 2.50. The maximum absolute atomic E-state index is 4.09. The van der Waals surface area contributed by atoms with Gasteiger partial charge in [0, 0.05) is 12.1 Å². The highest BCUT2D eigenvalue weighted by atomic mass is 15.0. The van der Waals surface area contributed by atoms with Gasteiger partial charge in [-0.1, -0.05) is 32.1 Å². The van der Waals surface area contributed by atoms with Crippen LogP contribution in [0.4, 0.5) is 0 Å². The molecule has 0 aromatic rings. The van der Waals surface area contributed by atoms with Crippen molar-refractivity contribution in [3.8, 4) is 0 Å². The molecule has 0 bridgehead atoms.